The number of hydrogen-bond acceptors (Lipinski definition) is 4. The van der Waals surface area contributed by atoms with Gasteiger partial charge in [-0.15, -0.1) is 0 Å². The van der Waals surface area contributed by atoms with Crippen LogP contribution in [-0.4, -0.2) is 16.5 Å². The van der Waals surface area contributed by atoms with E-state index in [4.69, 9.17) is 16.3 Å². The van der Waals surface area contributed by atoms with Gasteiger partial charge in [-0.3, -0.25) is 0 Å². The third-order valence-corrected chi connectivity index (χ3v) is 3.86. The normalized spacial score (nSPS) is 10.5. The Bertz CT molecular complexity index is 626. The molecule has 0 aliphatic carbocycles. The first-order valence-electron chi connectivity index (χ1n) is 6.72. The van der Waals surface area contributed by atoms with Crippen molar-refractivity contribution in [1.29, 1.82) is 0 Å². The van der Waals surface area contributed by atoms with Crippen molar-refractivity contribution in [2.45, 2.75) is 27.2 Å². The molecule has 2 rings (SSSR count). The first-order chi connectivity index (χ1) is 10.0. The summed E-state index contributed by atoms with van der Waals surface area (Å²) in [5.41, 5.74) is 1.93. The number of nitrogens with zero attached hydrogens (tertiary/aromatic N) is 2. The Balaban J connectivity index is 2.32. The molecule has 0 saturated carbocycles. The molecular formula is C15H17BrClN3O. The monoisotopic (exact) mass is 369 g/mol. The van der Waals surface area contributed by atoms with Crippen LogP contribution in [0, 0.1) is 13.8 Å². The zero-order valence-corrected chi connectivity index (χ0v) is 14.5. The summed E-state index contributed by atoms with van der Waals surface area (Å²) in [6, 6.07) is 3.74. The van der Waals surface area contributed by atoms with Gasteiger partial charge in [-0.2, -0.15) is 0 Å². The number of anilines is 1. The molecule has 0 spiro atoms. The highest BCUT2D eigenvalue weighted by atomic mass is 79.9. The molecule has 1 heterocycles. The first kappa shape index (κ1) is 16.0. The van der Waals surface area contributed by atoms with Crippen molar-refractivity contribution in [2.24, 2.45) is 0 Å². The highest BCUT2D eigenvalue weighted by molar-refractivity contribution is 9.10. The van der Waals surface area contributed by atoms with Crippen LogP contribution in [0.5, 0.6) is 11.6 Å². The van der Waals surface area contributed by atoms with Gasteiger partial charge in [0.15, 0.2) is 0 Å². The van der Waals surface area contributed by atoms with Crippen LogP contribution < -0.4 is 10.1 Å². The van der Waals surface area contributed by atoms with E-state index >= 15 is 0 Å². The number of aromatic nitrogens is 2. The van der Waals surface area contributed by atoms with Crippen LogP contribution in [0.4, 0.5) is 5.82 Å². The van der Waals surface area contributed by atoms with E-state index in [1.54, 1.807) is 0 Å². The van der Waals surface area contributed by atoms with Crippen molar-refractivity contribution in [2.75, 3.05) is 11.9 Å². The third kappa shape index (κ3) is 3.86. The van der Waals surface area contributed by atoms with Crippen LogP contribution in [0.15, 0.2) is 22.9 Å². The molecule has 0 amide bonds. The molecule has 0 radical (unpaired) electrons. The smallest absolute Gasteiger partial charge is 0.238 e. The Labute approximate surface area is 138 Å². The van der Waals surface area contributed by atoms with Crippen molar-refractivity contribution >= 4 is 33.3 Å². The average molecular weight is 371 g/mol. The van der Waals surface area contributed by atoms with Crippen LogP contribution in [0.2, 0.25) is 5.02 Å². The molecule has 0 aliphatic heterocycles. The largest absolute Gasteiger partial charge is 0.437 e. The maximum absolute atomic E-state index is 6.04. The number of nitrogens with one attached hydrogen (secondary N) is 1. The predicted octanol–water partition coefficient (Wildman–Crippen LogP) is 5.12. The second-order valence-corrected chi connectivity index (χ2v) is 5.97. The summed E-state index contributed by atoms with van der Waals surface area (Å²) in [6.07, 6.45) is 2.50. The summed E-state index contributed by atoms with van der Waals surface area (Å²) in [6.45, 7) is 6.85. The summed E-state index contributed by atoms with van der Waals surface area (Å²) in [5, 5.41) is 3.93. The van der Waals surface area contributed by atoms with Crippen molar-refractivity contribution in [3.05, 3.63) is 39.1 Å². The molecule has 0 fully saturated rings. The molecule has 2 aromatic rings. The molecule has 112 valence electrons. The van der Waals surface area contributed by atoms with Crippen molar-refractivity contribution in [1.82, 2.24) is 9.97 Å². The molecule has 0 bridgehead atoms. The Hall–Kier alpha value is -1.33. The van der Waals surface area contributed by atoms with Crippen molar-refractivity contribution < 1.29 is 4.74 Å². The first-order valence-corrected chi connectivity index (χ1v) is 7.89. The topological polar surface area (TPSA) is 47.0 Å². The lowest BCUT2D eigenvalue weighted by Gasteiger charge is -2.14. The minimum absolute atomic E-state index is 0.483. The molecule has 1 N–H and O–H groups in total. The van der Waals surface area contributed by atoms with Gasteiger partial charge in [0.05, 0.1) is 0 Å². The van der Waals surface area contributed by atoms with Crippen molar-refractivity contribution in [3.63, 3.8) is 0 Å². The summed E-state index contributed by atoms with van der Waals surface area (Å²) in [5.74, 6) is 1.98. The van der Waals surface area contributed by atoms with E-state index in [0.717, 1.165) is 35.7 Å². The van der Waals surface area contributed by atoms with E-state index in [0.29, 0.717) is 15.4 Å². The summed E-state index contributed by atoms with van der Waals surface area (Å²) in [4.78, 5) is 8.40. The molecular weight excluding hydrogens is 354 g/mol. The molecule has 1 aromatic heterocycles. The van der Waals surface area contributed by atoms with E-state index in [1.165, 1.54) is 6.33 Å². The van der Waals surface area contributed by atoms with E-state index in [9.17, 15) is 0 Å². The van der Waals surface area contributed by atoms with Gasteiger partial charge < -0.3 is 10.1 Å². The number of aryl methyl sites for hydroxylation is 2. The van der Waals surface area contributed by atoms with Crippen LogP contribution in [0.25, 0.3) is 0 Å². The van der Waals surface area contributed by atoms with Gasteiger partial charge in [0.1, 0.15) is 22.4 Å². The SMILES string of the molecule is CCCNc1ncnc(Oc2c(C)cc(Cl)cc2C)c1Br. The summed E-state index contributed by atoms with van der Waals surface area (Å²) < 4.78 is 6.66. The van der Waals surface area contributed by atoms with Crippen LogP contribution in [-0.2, 0) is 0 Å². The Morgan fingerprint density at radius 2 is 1.90 bits per heavy atom. The molecule has 1 aromatic carbocycles. The molecule has 21 heavy (non-hydrogen) atoms. The summed E-state index contributed by atoms with van der Waals surface area (Å²) >= 11 is 9.53. The van der Waals surface area contributed by atoms with Gasteiger partial charge in [0, 0.05) is 11.6 Å². The quantitative estimate of drug-likeness (QED) is 0.793. The maximum Gasteiger partial charge on any atom is 0.238 e. The number of ether oxygens (including phenoxy) is 1. The van der Waals surface area contributed by atoms with Crippen LogP contribution >= 0.6 is 27.5 Å². The fourth-order valence-corrected chi connectivity index (χ4v) is 2.70. The van der Waals surface area contributed by atoms with Crippen LogP contribution in [0.1, 0.15) is 24.5 Å². The predicted molar refractivity (Wildman–Crippen MR) is 89.5 cm³/mol. The summed E-state index contributed by atoms with van der Waals surface area (Å²) in [7, 11) is 0. The zero-order valence-electron chi connectivity index (χ0n) is 12.2. The molecule has 0 atom stereocenters. The Kier molecular flexibility index (Phi) is 5.42. The van der Waals surface area contributed by atoms with Gasteiger partial charge >= 0.3 is 0 Å². The average Bonchev–Trinajstić information content (AvgIpc) is 2.43. The molecule has 4 nitrogen and oxygen atoms in total. The molecule has 6 heteroatoms. The second-order valence-electron chi connectivity index (χ2n) is 4.74. The zero-order chi connectivity index (χ0) is 15.4. The van der Waals surface area contributed by atoms with Gasteiger partial charge in [-0.25, -0.2) is 9.97 Å². The minimum atomic E-state index is 0.483. The Morgan fingerprint density at radius 3 is 2.52 bits per heavy atom. The van der Waals surface area contributed by atoms with Gasteiger partial charge in [-0.05, 0) is 59.5 Å². The third-order valence-electron chi connectivity index (χ3n) is 2.92. The highest BCUT2D eigenvalue weighted by Crippen LogP contribution is 2.35. The lowest BCUT2D eigenvalue weighted by Crippen LogP contribution is -2.04. The molecule has 0 saturated heterocycles. The number of hydrogen-bond donors (Lipinski definition) is 1. The Morgan fingerprint density at radius 1 is 1.24 bits per heavy atom. The fourth-order valence-electron chi connectivity index (χ4n) is 1.95. The lowest BCUT2D eigenvalue weighted by molar-refractivity contribution is 0.451. The fraction of sp³-hybridized carbons (Fsp3) is 0.333. The van der Waals surface area contributed by atoms with Gasteiger partial charge in [0.25, 0.3) is 0 Å². The number of benzene rings is 1. The number of rotatable bonds is 5. The molecule has 0 unspecified atom stereocenters. The number of halogens is 2. The highest BCUT2D eigenvalue weighted by Gasteiger charge is 2.13. The maximum atomic E-state index is 6.04. The van der Waals surface area contributed by atoms with Gasteiger partial charge in [-0.1, -0.05) is 18.5 Å². The van der Waals surface area contributed by atoms with Gasteiger partial charge in [0.2, 0.25) is 5.88 Å². The van der Waals surface area contributed by atoms with E-state index in [-0.39, 0.29) is 0 Å². The standard InChI is InChI=1S/C15H17BrClN3O/c1-4-5-18-14-12(16)15(20-8-19-14)21-13-9(2)6-11(17)7-10(13)3/h6-8H,4-5H2,1-3H3,(H,18,19,20). The molecule has 0 aliphatic rings. The lowest BCUT2D eigenvalue weighted by atomic mass is 10.1. The van der Waals surface area contributed by atoms with Crippen LogP contribution in [0.3, 0.4) is 0 Å². The van der Waals surface area contributed by atoms with Crippen molar-refractivity contribution in [3.8, 4) is 11.6 Å². The minimum Gasteiger partial charge on any atom is -0.437 e. The van der Waals surface area contributed by atoms with E-state index in [2.05, 4.69) is 38.1 Å². The van der Waals surface area contributed by atoms with E-state index in [1.807, 2.05) is 26.0 Å². The second kappa shape index (κ2) is 7.09. The van der Waals surface area contributed by atoms with E-state index < -0.39 is 0 Å².